The molecule has 0 aliphatic carbocycles. The molecule has 140 valence electrons. The van der Waals surface area contributed by atoms with E-state index in [4.69, 9.17) is 0 Å². The third-order valence-electron chi connectivity index (χ3n) is 5.05. The highest BCUT2D eigenvalue weighted by molar-refractivity contribution is 5.93. The van der Waals surface area contributed by atoms with Crippen LogP contribution in [0.5, 0.6) is 0 Å². The molecule has 1 unspecified atom stereocenters. The first-order valence-electron chi connectivity index (χ1n) is 9.21. The van der Waals surface area contributed by atoms with Gasteiger partial charge in [0.15, 0.2) is 0 Å². The maximum atomic E-state index is 12.5. The zero-order valence-corrected chi connectivity index (χ0v) is 16.6. The van der Waals surface area contributed by atoms with Crippen molar-refractivity contribution in [3.05, 3.63) is 46.3 Å². The largest absolute Gasteiger partial charge is 0.326 e. The number of rotatable bonds is 6. The van der Waals surface area contributed by atoms with Gasteiger partial charge in [0.25, 0.3) is 0 Å². The summed E-state index contributed by atoms with van der Waals surface area (Å²) in [5.41, 5.74) is 5.98. The van der Waals surface area contributed by atoms with Crippen LogP contribution in [0.2, 0.25) is 0 Å². The number of aromatic nitrogens is 2. The van der Waals surface area contributed by atoms with Gasteiger partial charge in [0.2, 0.25) is 11.8 Å². The Balaban J connectivity index is 2.00. The van der Waals surface area contributed by atoms with Crippen LogP contribution in [0.4, 0.5) is 5.69 Å². The predicted octanol–water partition coefficient (Wildman–Crippen LogP) is 4.69. The molecular formula is C21H29N3O2. The highest BCUT2D eigenvalue weighted by Crippen LogP contribution is 2.25. The Morgan fingerprint density at radius 1 is 1.12 bits per heavy atom. The van der Waals surface area contributed by atoms with Crippen LogP contribution < -0.4 is 5.32 Å². The summed E-state index contributed by atoms with van der Waals surface area (Å²) in [6.07, 6.45) is 1.28. The van der Waals surface area contributed by atoms with Crippen LogP contribution in [0.25, 0.3) is 0 Å². The molecule has 0 spiro atoms. The van der Waals surface area contributed by atoms with Crippen LogP contribution in [0.15, 0.2) is 18.2 Å². The Labute approximate surface area is 155 Å². The fraction of sp³-hybridized carbons (Fsp3) is 0.476. The van der Waals surface area contributed by atoms with Gasteiger partial charge in [-0.05, 0) is 68.9 Å². The monoisotopic (exact) mass is 355 g/mol. The average Bonchev–Trinajstić information content (AvgIpc) is 2.90. The van der Waals surface area contributed by atoms with Crippen LogP contribution in [-0.2, 0) is 4.79 Å². The molecule has 0 radical (unpaired) electrons. The molecule has 1 heterocycles. The number of carbonyl (C=O) groups is 2. The third-order valence-corrected chi connectivity index (χ3v) is 5.05. The van der Waals surface area contributed by atoms with Gasteiger partial charge in [-0.2, -0.15) is 5.10 Å². The molecule has 1 aromatic carbocycles. The Morgan fingerprint density at radius 2 is 1.81 bits per heavy atom. The van der Waals surface area contributed by atoms with Crippen LogP contribution in [0.1, 0.15) is 71.9 Å². The summed E-state index contributed by atoms with van der Waals surface area (Å²) in [6, 6.07) is 5.79. The summed E-state index contributed by atoms with van der Waals surface area (Å²) < 4.78 is 1.46. The van der Waals surface area contributed by atoms with Gasteiger partial charge in [-0.15, -0.1) is 0 Å². The predicted molar refractivity (Wildman–Crippen MR) is 105 cm³/mol. The first-order valence-corrected chi connectivity index (χ1v) is 9.21. The van der Waals surface area contributed by atoms with Crippen LogP contribution in [0, 0.1) is 27.7 Å². The van der Waals surface area contributed by atoms with Gasteiger partial charge in [0.1, 0.15) is 0 Å². The molecule has 0 bridgehead atoms. The summed E-state index contributed by atoms with van der Waals surface area (Å²) in [7, 11) is 0. The van der Waals surface area contributed by atoms with Gasteiger partial charge in [0, 0.05) is 24.2 Å². The van der Waals surface area contributed by atoms with Crippen molar-refractivity contribution in [2.45, 2.75) is 66.7 Å². The van der Waals surface area contributed by atoms with E-state index in [-0.39, 0.29) is 24.7 Å². The second-order valence-corrected chi connectivity index (χ2v) is 7.05. The zero-order valence-electron chi connectivity index (χ0n) is 16.6. The second-order valence-electron chi connectivity index (χ2n) is 7.05. The van der Waals surface area contributed by atoms with Gasteiger partial charge in [-0.3, -0.25) is 9.59 Å². The van der Waals surface area contributed by atoms with Gasteiger partial charge < -0.3 is 5.32 Å². The molecule has 1 N–H and O–H groups in total. The summed E-state index contributed by atoms with van der Waals surface area (Å²) in [5, 5.41) is 7.25. The van der Waals surface area contributed by atoms with Crippen molar-refractivity contribution in [1.29, 1.82) is 0 Å². The first-order chi connectivity index (χ1) is 12.2. The van der Waals surface area contributed by atoms with E-state index >= 15 is 0 Å². The molecule has 0 fully saturated rings. The number of amides is 1. The van der Waals surface area contributed by atoms with Crippen molar-refractivity contribution in [2.24, 2.45) is 0 Å². The Morgan fingerprint density at radius 3 is 2.42 bits per heavy atom. The minimum absolute atomic E-state index is 0.137. The standard InChI is InChI=1S/C21H29N3O2/c1-7-13(2)21-16(5)23-24(17(21)6)20(26)11-10-19(25)22-18-9-8-14(3)15(4)12-18/h8-9,12-13H,7,10-11H2,1-6H3,(H,22,25). The lowest BCUT2D eigenvalue weighted by molar-refractivity contribution is -0.116. The molecule has 0 aliphatic rings. The lowest BCUT2D eigenvalue weighted by atomic mass is 9.97. The van der Waals surface area contributed by atoms with Crippen molar-refractivity contribution in [3.63, 3.8) is 0 Å². The number of benzene rings is 1. The molecule has 2 rings (SSSR count). The smallest absolute Gasteiger partial charge is 0.247 e. The van der Waals surface area contributed by atoms with Crippen LogP contribution >= 0.6 is 0 Å². The minimum atomic E-state index is -0.162. The molecular weight excluding hydrogens is 326 g/mol. The molecule has 0 saturated carbocycles. The van der Waals surface area contributed by atoms with Crippen molar-refractivity contribution < 1.29 is 9.59 Å². The number of aryl methyl sites for hydroxylation is 3. The van der Waals surface area contributed by atoms with Gasteiger partial charge >= 0.3 is 0 Å². The van der Waals surface area contributed by atoms with Crippen LogP contribution in [-0.4, -0.2) is 21.6 Å². The van der Waals surface area contributed by atoms with Gasteiger partial charge in [-0.1, -0.05) is 19.9 Å². The quantitative estimate of drug-likeness (QED) is 0.817. The highest BCUT2D eigenvalue weighted by atomic mass is 16.2. The molecule has 26 heavy (non-hydrogen) atoms. The van der Waals surface area contributed by atoms with E-state index in [2.05, 4.69) is 24.3 Å². The van der Waals surface area contributed by atoms with Crippen molar-refractivity contribution in [1.82, 2.24) is 9.78 Å². The van der Waals surface area contributed by atoms with E-state index < -0.39 is 0 Å². The average molecular weight is 355 g/mol. The van der Waals surface area contributed by atoms with Gasteiger partial charge in [0.05, 0.1) is 5.69 Å². The number of hydrogen-bond donors (Lipinski definition) is 1. The fourth-order valence-corrected chi connectivity index (χ4v) is 3.18. The molecule has 0 saturated heterocycles. The lowest BCUT2D eigenvalue weighted by Crippen LogP contribution is -2.18. The SMILES string of the molecule is CCC(C)c1c(C)nn(C(=O)CCC(=O)Nc2ccc(C)c(C)c2)c1C. The van der Waals surface area contributed by atoms with Crippen molar-refractivity contribution in [2.75, 3.05) is 5.32 Å². The summed E-state index contributed by atoms with van der Waals surface area (Å²) in [6.45, 7) is 12.2. The highest BCUT2D eigenvalue weighted by Gasteiger charge is 2.20. The fourth-order valence-electron chi connectivity index (χ4n) is 3.18. The van der Waals surface area contributed by atoms with Crippen molar-refractivity contribution >= 4 is 17.5 Å². The minimum Gasteiger partial charge on any atom is -0.326 e. The normalized spacial score (nSPS) is 12.1. The second kappa shape index (κ2) is 8.30. The van der Waals surface area contributed by atoms with E-state index in [9.17, 15) is 9.59 Å². The number of anilines is 1. The number of nitrogens with one attached hydrogen (secondary N) is 1. The molecule has 5 nitrogen and oxygen atoms in total. The molecule has 1 atom stereocenters. The topological polar surface area (TPSA) is 64.0 Å². The molecule has 5 heteroatoms. The third kappa shape index (κ3) is 4.40. The molecule has 0 aliphatic heterocycles. The maximum absolute atomic E-state index is 12.5. The Hall–Kier alpha value is -2.43. The molecule has 1 aromatic heterocycles. The summed E-state index contributed by atoms with van der Waals surface area (Å²) in [4.78, 5) is 24.7. The maximum Gasteiger partial charge on any atom is 0.247 e. The number of nitrogens with zero attached hydrogens (tertiary/aromatic N) is 2. The number of hydrogen-bond acceptors (Lipinski definition) is 3. The van der Waals surface area contributed by atoms with E-state index in [0.29, 0.717) is 5.92 Å². The summed E-state index contributed by atoms with van der Waals surface area (Å²) >= 11 is 0. The summed E-state index contributed by atoms with van der Waals surface area (Å²) in [5.74, 6) is 0.0605. The van der Waals surface area contributed by atoms with E-state index in [0.717, 1.165) is 34.6 Å². The van der Waals surface area contributed by atoms with E-state index in [1.165, 1.54) is 10.2 Å². The van der Waals surface area contributed by atoms with E-state index in [1.807, 2.05) is 45.9 Å². The van der Waals surface area contributed by atoms with Gasteiger partial charge in [-0.25, -0.2) is 4.68 Å². The molecule has 1 amide bonds. The number of carbonyl (C=O) groups excluding carboxylic acids is 2. The Kier molecular flexibility index (Phi) is 6.35. The van der Waals surface area contributed by atoms with E-state index in [1.54, 1.807) is 0 Å². The first kappa shape index (κ1) is 19.9. The zero-order chi connectivity index (χ0) is 19.4. The van der Waals surface area contributed by atoms with Crippen LogP contribution in [0.3, 0.4) is 0 Å². The Bertz CT molecular complexity index is 821. The lowest BCUT2D eigenvalue weighted by Gasteiger charge is -2.10. The van der Waals surface area contributed by atoms with Crippen molar-refractivity contribution in [3.8, 4) is 0 Å². The molecule has 2 aromatic rings.